The minimum Gasteiger partial charge on any atom is -0.381 e. The van der Waals surface area contributed by atoms with Gasteiger partial charge in [0, 0.05) is 45.9 Å². The van der Waals surface area contributed by atoms with Crippen LogP contribution in [0.15, 0.2) is 4.99 Å². The van der Waals surface area contributed by atoms with E-state index < -0.39 is 0 Å². The number of likely N-dealkylation sites (tertiary alicyclic amines) is 1. The first-order chi connectivity index (χ1) is 11.2. The first-order valence-corrected chi connectivity index (χ1v) is 9.43. The van der Waals surface area contributed by atoms with Crippen LogP contribution in [0.4, 0.5) is 0 Å². The predicted octanol–water partition coefficient (Wildman–Crippen LogP) is 3.10. The highest BCUT2D eigenvalue weighted by Crippen LogP contribution is 2.17. The molecular formula is C18H39IN4O. The highest BCUT2D eigenvalue weighted by Gasteiger charge is 2.20. The summed E-state index contributed by atoms with van der Waals surface area (Å²) in [5.74, 6) is 1.73. The van der Waals surface area contributed by atoms with E-state index in [4.69, 9.17) is 4.74 Å². The average Bonchev–Trinajstić information content (AvgIpc) is 2.56. The fourth-order valence-electron chi connectivity index (χ4n) is 2.95. The molecule has 1 aliphatic rings. The third kappa shape index (κ3) is 10.7. The van der Waals surface area contributed by atoms with Gasteiger partial charge in [0.2, 0.25) is 0 Å². The highest BCUT2D eigenvalue weighted by atomic mass is 127. The molecule has 0 saturated carbocycles. The van der Waals surface area contributed by atoms with Gasteiger partial charge in [-0.2, -0.15) is 0 Å². The lowest BCUT2D eigenvalue weighted by Crippen LogP contribution is -2.48. The molecule has 0 aromatic heterocycles. The van der Waals surface area contributed by atoms with Crippen LogP contribution >= 0.6 is 24.0 Å². The Labute approximate surface area is 166 Å². The number of nitrogens with zero attached hydrogens (tertiary/aromatic N) is 2. The van der Waals surface area contributed by atoms with E-state index >= 15 is 0 Å². The Morgan fingerprint density at radius 3 is 2.71 bits per heavy atom. The Kier molecular flexibility index (Phi) is 15.1. The van der Waals surface area contributed by atoms with E-state index in [0.29, 0.717) is 6.04 Å². The number of halogens is 1. The fourth-order valence-corrected chi connectivity index (χ4v) is 2.95. The number of hydrogen-bond donors (Lipinski definition) is 2. The van der Waals surface area contributed by atoms with Gasteiger partial charge >= 0.3 is 0 Å². The van der Waals surface area contributed by atoms with Crippen molar-refractivity contribution in [3.63, 3.8) is 0 Å². The Morgan fingerprint density at radius 2 is 2.04 bits per heavy atom. The summed E-state index contributed by atoms with van der Waals surface area (Å²) in [6.07, 6.45) is 6.08. The lowest BCUT2D eigenvalue weighted by atomic mass is 9.99. The Hall–Kier alpha value is -0.0800. The van der Waals surface area contributed by atoms with Gasteiger partial charge in [0.25, 0.3) is 0 Å². The van der Waals surface area contributed by atoms with Gasteiger partial charge in [-0.3, -0.25) is 9.89 Å². The topological polar surface area (TPSA) is 48.9 Å². The lowest BCUT2D eigenvalue weighted by molar-refractivity contribution is 0.129. The molecule has 0 aromatic carbocycles. The number of unbranched alkanes of at least 4 members (excludes halogenated alkanes) is 1. The zero-order chi connectivity index (χ0) is 16.9. The number of rotatable bonds is 10. The van der Waals surface area contributed by atoms with Crippen LogP contribution in [0.25, 0.3) is 0 Å². The van der Waals surface area contributed by atoms with Crippen LogP contribution in [-0.4, -0.2) is 63.3 Å². The summed E-state index contributed by atoms with van der Waals surface area (Å²) in [6, 6.07) is 0.550. The highest BCUT2D eigenvalue weighted by molar-refractivity contribution is 14.0. The molecule has 1 heterocycles. The van der Waals surface area contributed by atoms with Crippen LogP contribution in [0.5, 0.6) is 0 Å². The summed E-state index contributed by atoms with van der Waals surface area (Å²) in [6.45, 7) is 12.9. The number of piperidine rings is 1. The van der Waals surface area contributed by atoms with Crippen molar-refractivity contribution in [1.29, 1.82) is 0 Å². The maximum absolute atomic E-state index is 5.57. The van der Waals surface area contributed by atoms with Gasteiger partial charge in [-0.25, -0.2) is 0 Å². The summed E-state index contributed by atoms with van der Waals surface area (Å²) in [7, 11) is 1.83. The summed E-state index contributed by atoms with van der Waals surface area (Å²) >= 11 is 0. The molecule has 5 nitrogen and oxygen atoms in total. The summed E-state index contributed by atoms with van der Waals surface area (Å²) in [5, 5.41) is 6.82. The molecule has 2 N–H and O–H groups in total. The molecule has 0 bridgehead atoms. The minimum atomic E-state index is 0. The molecule has 1 rings (SSSR count). The van der Waals surface area contributed by atoms with Crippen LogP contribution in [0, 0.1) is 5.92 Å². The Balaban J connectivity index is 0.00000529. The Bertz CT molecular complexity index is 328. The number of aliphatic imine (C=N–C) groups is 1. The largest absolute Gasteiger partial charge is 0.381 e. The van der Waals surface area contributed by atoms with Crippen molar-refractivity contribution in [2.24, 2.45) is 10.9 Å². The molecule has 2 atom stereocenters. The van der Waals surface area contributed by atoms with Gasteiger partial charge in [-0.15, -0.1) is 24.0 Å². The lowest BCUT2D eigenvalue weighted by Gasteiger charge is -2.35. The van der Waals surface area contributed by atoms with Crippen LogP contribution in [0.3, 0.4) is 0 Å². The van der Waals surface area contributed by atoms with Gasteiger partial charge in [0.15, 0.2) is 5.96 Å². The van der Waals surface area contributed by atoms with Crippen molar-refractivity contribution in [1.82, 2.24) is 15.5 Å². The maximum Gasteiger partial charge on any atom is 0.191 e. The van der Waals surface area contributed by atoms with Gasteiger partial charge in [0.05, 0.1) is 0 Å². The molecule has 0 aliphatic carbocycles. The van der Waals surface area contributed by atoms with Gasteiger partial charge in [-0.05, 0) is 45.1 Å². The molecule has 144 valence electrons. The van der Waals surface area contributed by atoms with Crippen molar-refractivity contribution < 1.29 is 4.74 Å². The van der Waals surface area contributed by atoms with Crippen LogP contribution < -0.4 is 10.6 Å². The van der Waals surface area contributed by atoms with E-state index in [2.05, 4.69) is 41.3 Å². The number of ether oxygens (including phenoxy) is 1. The molecule has 24 heavy (non-hydrogen) atoms. The number of guanidine groups is 1. The quantitative estimate of drug-likeness (QED) is 0.231. The van der Waals surface area contributed by atoms with E-state index in [1.54, 1.807) is 0 Å². The maximum atomic E-state index is 5.57. The smallest absolute Gasteiger partial charge is 0.191 e. The van der Waals surface area contributed by atoms with Crippen molar-refractivity contribution in [3.05, 3.63) is 0 Å². The first kappa shape index (κ1) is 23.9. The third-order valence-electron chi connectivity index (χ3n) is 4.50. The van der Waals surface area contributed by atoms with Crippen LogP contribution in [0.1, 0.15) is 52.9 Å². The summed E-state index contributed by atoms with van der Waals surface area (Å²) < 4.78 is 5.57. The van der Waals surface area contributed by atoms with Crippen LogP contribution in [0.2, 0.25) is 0 Å². The fraction of sp³-hybridized carbons (Fsp3) is 0.944. The molecule has 2 unspecified atom stereocenters. The molecule has 1 saturated heterocycles. The normalized spacial score (nSPS) is 20.3. The standard InChI is InChI=1S/C18H38N4O.HI/c1-5-6-12-23-13-8-10-20-18(19-4)21-14-17(3)22-11-7-9-16(2)15-22;/h16-17H,5-15H2,1-4H3,(H2,19,20,21);1H. The van der Waals surface area contributed by atoms with Gasteiger partial charge in [-0.1, -0.05) is 20.3 Å². The van der Waals surface area contributed by atoms with E-state index in [9.17, 15) is 0 Å². The van der Waals surface area contributed by atoms with E-state index in [0.717, 1.165) is 51.0 Å². The molecular weight excluding hydrogens is 415 g/mol. The third-order valence-corrected chi connectivity index (χ3v) is 4.50. The van der Waals surface area contributed by atoms with Gasteiger partial charge < -0.3 is 15.4 Å². The van der Waals surface area contributed by atoms with Crippen LogP contribution in [-0.2, 0) is 4.74 Å². The van der Waals surface area contributed by atoms with Crippen molar-refractivity contribution in [3.8, 4) is 0 Å². The number of nitrogens with one attached hydrogen (secondary N) is 2. The molecule has 0 spiro atoms. The van der Waals surface area contributed by atoms with Crippen molar-refractivity contribution >= 4 is 29.9 Å². The second-order valence-corrected chi connectivity index (χ2v) is 6.79. The zero-order valence-corrected chi connectivity index (χ0v) is 18.5. The second-order valence-electron chi connectivity index (χ2n) is 6.79. The second kappa shape index (κ2) is 15.2. The average molecular weight is 454 g/mol. The van der Waals surface area contributed by atoms with Crippen molar-refractivity contribution in [2.45, 2.75) is 58.9 Å². The Morgan fingerprint density at radius 1 is 1.29 bits per heavy atom. The molecule has 6 heteroatoms. The zero-order valence-electron chi connectivity index (χ0n) is 16.1. The molecule has 1 aliphatic heterocycles. The van der Waals surface area contributed by atoms with Crippen molar-refractivity contribution in [2.75, 3.05) is 46.4 Å². The minimum absolute atomic E-state index is 0. The van der Waals surface area contributed by atoms with Gasteiger partial charge in [0.1, 0.15) is 0 Å². The summed E-state index contributed by atoms with van der Waals surface area (Å²) in [5.41, 5.74) is 0. The predicted molar refractivity (Wildman–Crippen MR) is 115 cm³/mol. The monoisotopic (exact) mass is 454 g/mol. The summed E-state index contributed by atoms with van der Waals surface area (Å²) in [4.78, 5) is 6.90. The molecule has 0 aromatic rings. The SMILES string of the molecule is CCCCOCCCNC(=NC)NCC(C)N1CCCC(C)C1.I. The molecule has 1 fully saturated rings. The molecule has 0 radical (unpaired) electrons. The number of hydrogen-bond acceptors (Lipinski definition) is 3. The van der Waals surface area contributed by atoms with E-state index in [-0.39, 0.29) is 24.0 Å². The van der Waals surface area contributed by atoms with E-state index in [1.807, 2.05) is 7.05 Å². The molecule has 0 amide bonds. The first-order valence-electron chi connectivity index (χ1n) is 9.43. The van der Waals surface area contributed by atoms with E-state index in [1.165, 1.54) is 32.4 Å².